The van der Waals surface area contributed by atoms with Gasteiger partial charge in [0.05, 0.1) is 18.4 Å². The van der Waals surface area contributed by atoms with Crippen LogP contribution in [0.2, 0.25) is 0 Å². The number of fused-ring (bicyclic) bond motifs is 1. The summed E-state index contributed by atoms with van der Waals surface area (Å²) in [5.74, 6) is 1.26. The van der Waals surface area contributed by atoms with Gasteiger partial charge in [0.15, 0.2) is 5.78 Å². The molecule has 0 spiro atoms. The number of nitrogens with one attached hydrogen (secondary N) is 2. The van der Waals surface area contributed by atoms with Crippen LogP contribution in [0.15, 0.2) is 48.5 Å². The van der Waals surface area contributed by atoms with Crippen molar-refractivity contribution in [3.8, 4) is 5.75 Å². The maximum Gasteiger partial charge on any atom is 0.229 e. The van der Waals surface area contributed by atoms with E-state index in [2.05, 4.69) is 20.6 Å². The van der Waals surface area contributed by atoms with Crippen molar-refractivity contribution in [2.45, 2.75) is 19.3 Å². The number of nitrogens with zero attached hydrogens (tertiary/aromatic N) is 2. The number of carbonyl (C=O) groups excluding carboxylic acids is 1. The van der Waals surface area contributed by atoms with Crippen molar-refractivity contribution in [1.82, 2.24) is 9.97 Å². The zero-order valence-electron chi connectivity index (χ0n) is 15.3. The smallest absolute Gasteiger partial charge is 0.229 e. The lowest BCUT2D eigenvalue weighted by atomic mass is 9.95. The molecule has 2 N–H and O–H groups in total. The van der Waals surface area contributed by atoms with Gasteiger partial charge in [0, 0.05) is 17.8 Å². The number of methoxy groups -OCH3 is 1. The molecule has 1 aliphatic rings. The van der Waals surface area contributed by atoms with Crippen molar-refractivity contribution >= 4 is 28.9 Å². The molecule has 0 unspecified atom stereocenters. The molecule has 6 nitrogen and oxygen atoms in total. The second-order valence-corrected chi connectivity index (χ2v) is 6.48. The summed E-state index contributed by atoms with van der Waals surface area (Å²) in [7, 11) is 1.61. The zero-order valence-corrected chi connectivity index (χ0v) is 15.3. The Balaban J connectivity index is 1.69. The Labute approximate surface area is 161 Å². The van der Waals surface area contributed by atoms with Gasteiger partial charge in [-0.3, -0.25) is 4.79 Å². The molecule has 0 fully saturated rings. The summed E-state index contributed by atoms with van der Waals surface area (Å²) >= 11 is 0. The van der Waals surface area contributed by atoms with E-state index < -0.39 is 0 Å². The molecule has 28 heavy (non-hydrogen) atoms. The second kappa shape index (κ2) is 7.64. The van der Waals surface area contributed by atoms with Gasteiger partial charge in [-0.2, -0.15) is 4.98 Å². The monoisotopic (exact) mass is 378 g/mol. The molecule has 0 atom stereocenters. The molecule has 0 saturated heterocycles. The van der Waals surface area contributed by atoms with Crippen LogP contribution >= 0.6 is 0 Å². The number of hydrogen-bond donors (Lipinski definition) is 2. The van der Waals surface area contributed by atoms with Crippen molar-refractivity contribution in [3.05, 3.63) is 65.6 Å². The van der Waals surface area contributed by atoms with Crippen molar-refractivity contribution < 1.29 is 13.9 Å². The van der Waals surface area contributed by atoms with Gasteiger partial charge in [0.1, 0.15) is 17.4 Å². The van der Waals surface area contributed by atoms with Crippen molar-refractivity contribution in [2.24, 2.45) is 0 Å². The molecule has 3 aromatic rings. The van der Waals surface area contributed by atoms with Crippen molar-refractivity contribution in [1.29, 1.82) is 0 Å². The minimum atomic E-state index is -0.326. The van der Waals surface area contributed by atoms with Gasteiger partial charge in [-0.15, -0.1) is 0 Å². The van der Waals surface area contributed by atoms with E-state index in [-0.39, 0.29) is 11.6 Å². The minimum Gasteiger partial charge on any atom is -0.497 e. The number of Topliss-reactive ketones (excluding diaryl/α,β-unsaturated/α-hetero) is 1. The highest BCUT2D eigenvalue weighted by atomic mass is 19.1. The second-order valence-electron chi connectivity index (χ2n) is 6.48. The van der Waals surface area contributed by atoms with Gasteiger partial charge in [-0.05, 0) is 61.4 Å². The number of halogens is 1. The molecule has 0 bridgehead atoms. The summed E-state index contributed by atoms with van der Waals surface area (Å²) in [5, 5.41) is 6.30. The molecular weight excluding hydrogens is 359 g/mol. The van der Waals surface area contributed by atoms with Crippen LogP contribution in [0.3, 0.4) is 0 Å². The lowest BCUT2D eigenvalue weighted by Crippen LogP contribution is -2.17. The quantitative estimate of drug-likeness (QED) is 0.674. The van der Waals surface area contributed by atoms with Crippen LogP contribution in [-0.2, 0) is 6.42 Å². The molecule has 0 amide bonds. The fourth-order valence-corrected chi connectivity index (χ4v) is 3.14. The highest BCUT2D eigenvalue weighted by Gasteiger charge is 2.24. The summed E-state index contributed by atoms with van der Waals surface area (Å²) in [5.41, 5.74) is 2.68. The Bertz CT molecular complexity index is 1000. The predicted molar refractivity (Wildman–Crippen MR) is 105 cm³/mol. The van der Waals surface area contributed by atoms with E-state index in [1.807, 2.05) is 24.3 Å². The average Bonchev–Trinajstić information content (AvgIpc) is 2.70. The Morgan fingerprint density at radius 2 is 1.61 bits per heavy atom. The Morgan fingerprint density at radius 3 is 2.32 bits per heavy atom. The summed E-state index contributed by atoms with van der Waals surface area (Å²) in [4.78, 5) is 21.5. The predicted octanol–water partition coefficient (Wildman–Crippen LogP) is 4.63. The van der Waals surface area contributed by atoms with Gasteiger partial charge in [0.25, 0.3) is 0 Å². The molecule has 142 valence electrons. The molecule has 0 aliphatic heterocycles. The lowest BCUT2D eigenvalue weighted by molar-refractivity contribution is 0.0972. The van der Waals surface area contributed by atoms with Crippen LogP contribution < -0.4 is 15.4 Å². The molecule has 2 aromatic carbocycles. The van der Waals surface area contributed by atoms with Crippen LogP contribution in [0.1, 0.15) is 28.9 Å². The Hall–Kier alpha value is -3.48. The summed E-state index contributed by atoms with van der Waals surface area (Å²) < 4.78 is 18.4. The first-order valence-corrected chi connectivity index (χ1v) is 9.00. The first-order valence-electron chi connectivity index (χ1n) is 9.00. The third-order valence-electron chi connectivity index (χ3n) is 4.53. The van der Waals surface area contributed by atoms with Gasteiger partial charge < -0.3 is 15.4 Å². The number of aromatic nitrogens is 2. The van der Waals surface area contributed by atoms with E-state index in [0.717, 1.165) is 17.9 Å². The standard InChI is InChI=1S/C21H19FN4O2/c1-28-16-11-9-15(10-12-16)24-21-25-17-3-2-4-18(27)19(17)20(26-21)23-14-7-5-13(22)6-8-14/h5-12H,2-4H2,1H3,(H2,23,24,25,26). The molecule has 7 heteroatoms. The molecule has 1 aliphatic carbocycles. The van der Waals surface area contributed by atoms with Gasteiger partial charge >= 0.3 is 0 Å². The number of ether oxygens (including phenoxy) is 1. The molecule has 0 saturated carbocycles. The maximum atomic E-state index is 13.2. The highest BCUT2D eigenvalue weighted by molar-refractivity contribution is 6.03. The normalized spacial score (nSPS) is 13.0. The van der Waals surface area contributed by atoms with E-state index in [9.17, 15) is 9.18 Å². The zero-order chi connectivity index (χ0) is 19.5. The number of anilines is 4. The highest BCUT2D eigenvalue weighted by Crippen LogP contribution is 2.30. The van der Waals surface area contributed by atoms with Crippen LogP contribution in [-0.4, -0.2) is 22.9 Å². The molecule has 0 radical (unpaired) electrons. The van der Waals surface area contributed by atoms with E-state index >= 15 is 0 Å². The Kier molecular flexibility index (Phi) is 4.89. The van der Waals surface area contributed by atoms with Crippen molar-refractivity contribution in [2.75, 3.05) is 17.7 Å². The van der Waals surface area contributed by atoms with Crippen LogP contribution in [0.4, 0.5) is 27.5 Å². The van der Waals surface area contributed by atoms with E-state index in [1.54, 1.807) is 19.2 Å². The number of carbonyl (C=O) groups is 1. The Morgan fingerprint density at radius 1 is 0.929 bits per heavy atom. The molecule has 1 aromatic heterocycles. The molecule has 1 heterocycles. The summed E-state index contributed by atoms with van der Waals surface area (Å²) in [6, 6.07) is 13.3. The topological polar surface area (TPSA) is 76.1 Å². The number of hydrogen-bond acceptors (Lipinski definition) is 6. The number of rotatable bonds is 5. The summed E-state index contributed by atoms with van der Waals surface area (Å²) in [6.07, 6.45) is 1.94. The van der Waals surface area contributed by atoms with E-state index in [1.165, 1.54) is 12.1 Å². The van der Waals surface area contributed by atoms with Crippen LogP contribution in [0, 0.1) is 5.82 Å². The van der Waals surface area contributed by atoms with Gasteiger partial charge in [-0.1, -0.05) is 0 Å². The average molecular weight is 378 g/mol. The molecular formula is C21H19FN4O2. The first kappa shape index (κ1) is 17.9. The van der Waals surface area contributed by atoms with Crippen LogP contribution in [0.25, 0.3) is 0 Å². The maximum absolute atomic E-state index is 13.2. The number of benzene rings is 2. The van der Waals surface area contributed by atoms with E-state index in [4.69, 9.17) is 4.74 Å². The minimum absolute atomic E-state index is 0.0156. The number of ketones is 1. The fourth-order valence-electron chi connectivity index (χ4n) is 3.14. The van der Waals surface area contributed by atoms with E-state index in [0.29, 0.717) is 41.6 Å². The number of aryl methyl sites for hydroxylation is 1. The largest absolute Gasteiger partial charge is 0.497 e. The molecule has 4 rings (SSSR count). The first-order chi connectivity index (χ1) is 13.6. The van der Waals surface area contributed by atoms with Crippen LogP contribution in [0.5, 0.6) is 5.75 Å². The lowest BCUT2D eigenvalue weighted by Gasteiger charge is -2.19. The fraction of sp³-hybridized carbons (Fsp3) is 0.190. The summed E-state index contributed by atoms with van der Waals surface area (Å²) in [6.45, 7) is 0. The third kappa shape index (κ3) is 3.78. The third-order valence-corrected chi connectivity index (χ3v) is 4.53. The van der Waals surface area contributed by atoms with Gasteiger partial charge in [0.2, 0.25) is 5.95 Å². The van der Waals surface area contributed by atoms with Gasteiger partial charge in [-0.25, -0.2) is 9.37 Å². The SMILES string of the molecule is COc1ccc(Nc2nc3c(c(Nc4ccc(F)cc4)n2)C(=O)CCC3)cc1. The van der Waals surface area contributed by atoms with Crippen molar-refractivity contribution in [3.63, 3.8) is 0 Å².